The second-order valence-corrected chi connectivity index (χ2v) is 5.14. The van der Waals surface area contributed by atoms with E-state index in [1.54, 1.807) is 0 Å². The second kappa shape index (κ2) is 15.7. The highest BCUT2D eigenvalue weighted by molar-refractivity contribution is 5.50. The van der Waals surface area contributed by atoms with Crippen molar-refractivity contribution in [1.82, 2.24) is 0 Å². The molecule has 1 radical (unpaired) electrons. The maximum absolute atomic E-state index is 9.98. The summed E-state index contributed by atoms with van der Waals surface area (Å²) in [7, 11) is 0. The third-order valence-corrected chi connectivity index (χ3v) is 3.38. The van der Waals surface area contributed by atoms with Crippen LogP contribution >= 0.6 is 0 Å². The molecule has 0 aromatic heterocycles. The van der Waals surface area contributed by atoms with Crippen LogP contribution in [0.5, 0.6) is 0 Å². The van der Waals surface area contributed by atoms with Gasteiger partial charge in [0.15, 0.2) is 6.29 Å². The van der Waals surface area contributed by atoms with Crippen molar-refractivity contribution in [2.75, 3.05) is 0 Å². The standard InChI is InChI=1S/C16H31O/c1-2-3-4-5-6-7-8-9-10-11-12-13-14-15-16-17/h2-15H2,1H3. The summed E-state index contributed by atoms with van der Waals surface area (Å²) in [5.41, 5.74) is 0. The highest BCUT2D eigenvalue weighted by Gasteiger charge is 1.93. The Balaban J connectivity index is 2.87. The lowest BCUT2D eigenvalue weighted by Crippen LogP contribution is -1.83. The molecule has 0 aliphatic heterocycles. The highest BCUT2D eigenvalue weighted by Crippen LogP contribution is 2.12. The van der Waals surface area contributed by atoms with Gasteiger partial charge in [-0.1, -0.05) is 84.0 Å². The Morgan fingerprint density at radius 2 is 0.941 bits per heavy atom. The molecule has 0 heterocycles. The van der Waals surface area contributed by atoms with Gasteiger partial charge in [-0.3, -0.25) is 4.79 Å². The molecule has 0 saturated heterocycles. The molecule has 0 unspecified atom stereocenters. The SMILES string of the molecule is CCCCCCCCCCCCCCC[C]=O. The molecule has 1 heteroatoms. The first-order valence-electron chi connectivity index (χ1n) is 7.76. The van der Waals surface area contributed by atoms with Crippen LogP contribution in [0.2, 0.25) is 0 Å². The molecule has 0 atom stereocenters. The molecule has 0 fully saturated rings. The van der Waals surface area contributed by atoms with Crippen molar-refractivity contribution >= 4 is 6.29 Å². The van der Waals surface area contributed by atoms with E-state index in [-0.39, 0.29) is 0 Å². The summed E-state index contributed by atoms with van der Waals surface area (Å²) >= 11 is 0. The molecule has 1 nitrogen and oxygen atoms in total. The summed E-state index contributed by atoms with van der Waals surface area (Å²) in [4.78, 5) is 9.98. The normalized spacial score (nSPS) is 10.6. The predicted octanol–water partition coefficient (Wildman–Crippen LogP) is 5.58. The van der Waals surface area contributed by atoms with Gasteiger partial charge in [-0.2, -0.15) is 0 Å². The maximum atomic E-state index is 9.98. The Kier molecular flexibility index (Phi) is 15.4. The summed E-state index contributed by atoms with van der Waals surface area (Å²) in [6.45, 7) is 2.27. The molecule has 0 bridgehead atoms. The van der Waals surface area contributed by atoms with E-state index in [4.69, 9.17) is 0 Å². The smallest absolute Gasteiger partial charge is 0.198 e. The molecular formula is C16H31O. The number of rotatable bonds is 14. The monoisotopic (exact) mass is 239 g/mol. The molecule has 0 aliphatic rings. The zero-order valence-corrected chi connectivity index (χ0v) is 11.8. The Hall–Kier alpha value is -0.330. The van der Waals surface area contributed by atoms with E-state index in [1.807, 2.05) is 6.29 Å². The van der Waals surface area contributed by atoms with Crippen molar-refractivity contribution in [3.05, 3.63) is 0 Å². The second-order valence-electron chi connectivity index (χ2n) is 5.14. The minimum Gasteiger partial charge on any atom is -0.291 e. The number of unbranched alkanes of at least 4 members (excludes halogenated alkanes) is 13. The van der Waals surface area contributed by atoms with E-state index >= 15 is 0 Å². The summed E-state index contributed by atoms with van der Waals surface area (Å²) in [5.74, 6) is 0. The average Bonchev–Trinajstić information content (AvgIpc) is 2.35. The van der Waals surface area contributed by atoms with E-state index < -0.39 is 0 Å². The van der Waals surface area contributed by atoms with Crippen molar-refractivity contribution in [3.8, 4) is 0 Å². The maximum Gasteiger partial charge on any atom is 0.198 e. The van der Waals surface area contributed by atoms with E-state index in [0.717, 1.165) is 6.42 Å². The lowest BCUT2D eigenvalue weighted by Gasteiger charge is -2.02. The molecule has 0 aromatic rings. The Bertz CT molecular complexity index is 142. The van der Waals surface area contributed by atoms with Crippen molar-refractivity contribution in [1.29, 1.82) is 0 Å². The molecule has 0 aromatic carbocycles. The molecule has 0 N–H and O–H groups in total. The molecule has 17 heavy (non-hydrogen) atoms. The van der Waals surface area contributed by atoms with Crippen LogP contribution in [0.3, 0.4) is 0 Å². The van der Waals surface area contributed by atoms with Crippen molar-refractivity contribution in [2.24, 2.45) is 0 Å². The Morgan fingerprint density at radius 3 is 1.29 bits per heavy atom. The fourth-order valence-corrected chi connectivity index (χ4v) is 2.21. The minimum absolute atomic E-state index is 0.637. The third kappa shape index (κ3) is 15.7. The van der Waals surface area contributed by atoms with E-state index in [2.05, 4.69) is 6.92 Å². The summed E-state index contributed by atoms with van der Waals surface area (Å²) < 4.78 is 0. The number of hydrogen-bond donors (Lipinski definition) is 0. The fraction of sp³-hybridized carbons (Fsp3) is 0.938. The zero-order chi connectivity index (χ0) is 12.6. The van der Waals surface area contributed by atoms with Crippen molar-refractivity contribution in [2.45, 2.75) is 96.8 Å². The highest BCUT2D eigenvalue weighted by atomic mass is 16.1. The lowest BCUT2D eigenvalue weighted by atomic mass is 10.0. The van der Waals surface area contributed by atoms with Gasteiger partial charge < -0.3 is 0 Å². The molecule has 0 amide bonds. The van der Waals surface area contributed by atoms with Crippen molar-refractivity contribution < 1.29 is 4.79 Å². The Morgan fingerprint density at radius 1 is 0.588 bits per heavy atom. The molecule has 0 spiro atoms. The van der Waals surface area contributed by atoms with Crippen LogP contribution in [0.25, 0.3) is 0 Å². The van der Waals surface area contributed by atoms with Gasteiger partial charge >= 0.3 is 0 Å². The quantitative estimate of drug-likeness (QED) is 0.362. The van der Waals surface area contributed by atoms with Crippen LogP contribution in [0.4, 0.5) is 0 Å². The van der Waals surface area contributed by atoms with Crippen LogP contribution in [0.15, 0.2) is 0 Å². The lowest BCUT2D eigenvalue weighted by molar-refractivity contribution is 0.531. The van der Waals surface area contributed by atoms with Crippen LogP contribution in [0, 0.1) is 0 Å². The number of hydrogen-bond acceptors (Lipinski definition) is 1. The summed E-state index contributed by atoms with van der Waals surface area (Å²) in [6.07, 6.45) is 20.2. The number of carbonyl (C=O) groups excluding carboxylic acids is 1. The van der Waals surface area contributed by atoms with E-state index in [9.17, 15) is 4.79 Å². The van der Waals surface area contributed by atoms with Crippen molar-refractivity contribution in [3.63, 3.8) is 0 Å². The molecule has 0 rings (SSSR count). The molecule has 0 aliphatic carbocycles. The van der Waals surface area contributed by atoms with Gasteiger partial charge in [-0.25, -0.2) is 0 Å². The average molecular weight is 239 g/mol. The largest absolute Gasteiger partial charge is 0.291 e. The van der Waals surface area contributed by atoms with E-state index in [0.29, 0.717) is 6.42 Å². The fourth-order valence-electron chi connectivity index (χ4n) is 2.21. The van der Waals surface area contributed by atoms with Crippen LogP contribution in [0.1, 0.15) is 96.8 Å². The van der Waals surface area contributed by atoms with Gasteiger partial charge in [0.05, 0.1) is 0 Å². The van der Waals surface area contributed by atoms with Gasteiger partial charge in [0.1, 0.15) is 0 Å². The summed E-state index contributed by atoms with van der Waals surface area (Å²) in [5, 5.41) is 0. The van der Waals surface area contributed by atoms with Gasteiger partial charge in [0, 0.05) is 6.42 Å². The van der Waals surface area contributed by atoms with Gasteiger partial charge in [0.2, 0.25) is 0 Å². The topological polar surface area (TPSA) is 17.1 Å². The molecule has 0 saturated carbocycles. The minimum atomic E-state index is 0.637. The van der Waals surface area contributed by atoms with Gasteiger partial charge in [-0.05, 0) is 6.42 Å². The Labute approximate surface area is 108 Å². The van der Waals surface area contributed by atoms with Crippen LogP contribution in [-0.2, 0) is 4.79 Å². The first kappa shape index (κ1) is 16.7. The first-order chi connectivity index (χ1) is 8.41. The summed E-state index contributed by atoms with van der Waals surface area (Å²) in [6, 6.07) is 0. The third-order valence-electron chi connectivity index (χ3n) is 3.38. The van der Waals surface area contributed by atoms with Gasteiger partial charge in [-0.15, -0.1) is 0 Å². The first-order valence-corrected chi connectivity index (χ1v) is 7.76. The predicted molar refractivity (Wildman–Crippen MR) is 76.0 cm³/mol. The van der Waals surface area contributed by atoms with Gasteiger partial charge in [0.25, 0.3) is 0 Å². The van der Waals surface area contributed by atoms with Crippen LogP contribution < -0.4 is 0 Å². The van der Waals surface area contributed by atoms with E-state index in [1.165, 1.54) is 77.0 Å². The van der Waals surface area contributed by atoms with Crippen LogP contribution in [-0.4, -0.2) is 6.29 Å². The molecular weight excluding hydrogens is 208 g/mol. The zero-order valence-electron chi connectivity index (χ0n) is 11.8. The molecule has 101 valence electrons.